The first kappa shape index (κ1) is 20.9. The van der Waals surface area contributed by atoms with Crippen LogP contribution in [0.3, 0.4) is 0 Å². The summed E-state index contributed by atoms with van der Waals surface area (Å²) in [5, 5.41) is 8.82. The first-order chi connectivity index (χ1) is 14.8. The van der Waals surface area contributed by atoms with E-state index in [1.54, 1.807) is 24.3 Å². The van der Waals surface area contributed by atoms with Gasteiger partial charge in [0.1, 0.15) is 0 Å². The van der Waals surface area contributed by atoms with E-state index in [2.05, 4.69) is 15.4 Å². The lowest BCUT2D eigenvalue weighted by Gasteiger charge is -2.12. The highest BCUT2D eigenvalue weighted by Crippen LogP contribution is 2.31. The highest BCUT2D eigenvalue weighted by molar-refractivity contribution is 7.16. The number of carbonyl (C=O) groups is 1. The fraction of sp³-hybridized carbons (Fsp3) is 0.250. The van der Waals surface area contributed by atoms with Gasteiger partial charge in [0.15, 0.2) is 10.8 Å². The fourth-order valence-corrected chi connectivity index (χ4v) is 4.29. The van der Waals surface area contributed by atoms with Crippen molar-refractivity contribution < 1.29 is 4.79 Å². The van der Waals surface area contributed by atoms with E-state index in [9.17, 15) is 9.59 Å². The summed E-state index contributed by atoms with van der Waals surface area (Å²) in [5.41, 5.74) is 3.07. The number of hydrogen-bond donors (Lipinski definition) is 1. The minimum absolute atomic E-state index is 0.187. The fourth-order valence-electron chi connectivity index (χ4n) is 3.46. The van der Waals surface area contributed by atoms with E-state index in [0.29, 0.717) is 22.4 Å². The molecule has 1 amide bonds. The predicted molar refractivity (Wildman–Crippen MR) is 126 cm³/mol. The van der Waals surface area contributed by atoms with Gasteiger partial charge in [0, 0.05) is 22.4 Å². The van der Waals surface area contributed by atoms with Crippen LogP contribution < -0.4 is 10.9 Å². The maximum absolute atomic E-state index is 13.2. The quantitative estimate of drug-likeness (QED) is 0.479. The molecule has 4 aromatic rings. The van der Waals surface area contributed by atoms with Crippen LogP contribution in [0.2, 0.25) is 0 Å². The molecule has 0 atom stereocenters. The molecule has 0 aliphatic rings. The summed E-state index contributed by atoms with van der Waals surface area (Å²) in [6.07, 6.45) is 0. The molecule has 4 rings (SSSR count). The molecule has 0 bridgehead atoms. The Hall–Kier alpha value is -3.32. The van der Waals surface area contributed by atoms with Crippen LogP contribution >= 0.6 is 11.3 Å². The Morgan fingerprint density at radius 3 is 2.42 bits per heavy atom. The summed E-state index contributed by atoms with van der Waals surface area (Å²) in [4.78, 5) is 31.6. The lowest BCUT2D eigenvalue weighted by atomic mass is 10.1. The van der Waals surface area contributed by atoms with Crippen LogP contribution in [0.4, 0.5) is 5.13 Å². The molecule has 2 aromatic carbocycles. The van der Waals surface area contributed by atoms with Crippen molar-refractivity contribution in [2.24, 2.45) is 5.92 Å². The van der Waals surface area contributed by atoms with Crippen LogP contribution in [-0.4, -0.2) is 20.7 Å². The number of aryl methyl sites for hydroxylation is 2. The average molecular weight is 433 g/mol. The minimum Gasteiger partial charge on any atom is -0.296 e. The van der Waals surface area contributed by atoms with Gasteiger partial charge in [-0.3, -0.25) is 14.9 Å². The number of anilines is 1. The summed E-state index contributed by atoms with van der Waals surface area (Å²) in [7, 11) is 0. The predicted octanol–water partition coefficient (Wildman–Crippen LogP) is 5.05. The Bertz CT molecular complexity index is 1320. The van der Waals surface area contributed by atoms with Gasteiger partial charge in [0.2, 0.25) is 0 Å². The molecule has 0 aliphatic heterocycles. The summed E-state index contributed by atoms with van der Waals surface area (Å²) in [6.45, 7) is 8.48. The van der Waals surface area contributed by atoms with Crippen LogP contribution in [-0.2, 0) is 6.54 Å². The lowest BCUT2D eigenvalue weighted by molar-refractivity contribution is 0.102. The summed E-state index contributed by atoms with van der Waals surface area (Å²) >= 11 is 1.42. The topological polar surface area (TPSA) is 76.9 Å². The van der Waals surface area contributed by atoms with Gasteiger partial charge < -0.3 is 0 Å². The molecule has 0 radical (unpaired) electrons. The van der Waals surface area contributed by atoms with Gasteiger partial charge in [0.25, 0.3) is 11.5 Å². The zero-order valence-electron chi connectivity index (χ0n) is 18.0. The van der Waals surface area contributed by atoms with Crippen molar-refractivity contribution in [1.82, 2.24) is 14.8 Å². The number of carbonyl (C=O) groups excluding carboxylic acids is 1. The second-order valence-corrected chi connectivity index (χ2v) is 9.22. The van der Waals surface area contributed by atoms with Crippen LogP contribution in [0, 0.1) is 19.8 Å². The maximum Gasteiger partial charge on any atom is 0.278 e. The van der Waals surface area contributed by atoms with E-state index >= 15 is 0 Å². The highest BCUT2D eigenvalue weighted by atomic mass is 32.1. The second-order valence-electron chi connectivity index (χ2n) is 8.02. The molecule has 2 heterocycles. The third-order valence-corrected chi connectivity index (χ3v) is 5.85. The Kier molecular flexibility index (Phi) is 5.69. The number of fused-ring (bicyclic) bond motifs is 1. The Morgan fingerprint density at radius 1 is 1.06 bits per heavy atom. The van der Waals surface area contributed by atoms with Crippen molar-refractivity contribution >= 4 is 33.1 Å². The molecule has 0 fully saturated rings. The summed E-state index contributed by atoms with van der Waals surface area (Å²) in [5.74, 6) is -0.154. The van der Waals surface area contributed by atoms with Gasteiger partial charge in [-0.25, -0.2) is 9.67 Å². The van der Waals surface area contributed by atoms with E-state index in [4.69, 9.17) is 0 Å². The zero-order valence-corrected chi connectivity index (χ0v) is 18.8. The molecule has 7 heteroatoms. The molecule has 0 saturated heterocycles. The summed E-state index contributed by atoms with van der Waals surface area (Å²) < 4.78 is 1.38. The smallest absolute Gasteiger partial charge is 0.278 e. The van der Waals surface area contributed by atoms with E-state index in [-0.39, 0.29) is 23.1 Å². The highest BCUT2D eigenvalue weighted by Gasteiger charge is 2.19. The van der Waals surface area contributed by atoms with Gasteiger partial charge in [-0.05, 0) is 25.8 Å². The molecule has 0 aliphatic carbocycles. The molecule has 31 heavy (non-hydrogen) atoms. The van der Waals surface area contributed by atoms with E-state index in [1.807, 2.05) is 52.0 Å². The zero-order chi connectivity index (χ0) is 22.1. The first-order valence-electron chi connectivity index (χ1n) is 10.2. The molecule has 1 N–H and O–H groups in total. The molecule has 6 nitrogen and oxygen atoms in total. The van der Waals surface area contributed by atoms with E-state index < -0.39 is 0 Å². The molecule has 0 saturated carbocycles. The van der Waals surface area contributed by atoms with Crippen LogP contribution in [0.15, 0.2) is 53.3 Å². The molecular weight excluding hydrogens is 408 g/mol. The van der Waals surface area contributed by atoms with Gasteiger partial charge in [-0.1, -0.05) is 61.9 Å². The van der Waals surface area contributed by atoms with Crippen molar-refractivity contribution in [3.63, 3.8) is 0 Å². The molecule has 2 aromatic heterocycles. The largest absolute Gasteiger partial charge is 0.296 e. The molecular formula is C24H24N4O2S. The maximum atomic E-state index is 13.2. The monoisotopic (exact) mass is 432 g/mol. The first-order valence-corrected chi connectivity index (χ1v) is 11.0. The van der Waals surface area contributed by atoms with Gasteiger partial charge >= 0.3 is 0 Å². The number of rotatable bonds is 5. The molecule has 0 unspecified atom stereocenters. The van der Waals surface area contributed by atoms with Crippen molar-refractivity contribution in [2.45, 2.75) is 34.2 Å². The number of thiazole rings is 1. The Labute approximate surface area is 184 Å². The van der Waals surface area contributed by atoms with Crippen molar-refractivity contribution in [3.05, 3.63) is 75.0 Å². The third kappa shape index (κ3) is 4.27. The van der Waals surface area contributed by atoms with Crippen LogP contribution in [0.1, 0.15) is 34.8 Å². The van der Waals surface area contributed by atoms with Gasteiger partial charge in [-0.2, -0.15) is 5.10 Å². The number of hydrogen-bond acceptors (Lipinski definition) is 5. The number of aromatic nitrogens is 3. The number of benzene rings is 2. The SMILES string of the molecule is Cc1ccc(-c2nc(NC(=O)c3nn(CC(C)C)c(=O)c4ccccc34)sc2C)cc1. The van der Waals surface area contributed by atoms with Crippen LogP contribution in [0.25, 0.3) is 22.0 Å². The van der Waals surface area contributed by atoms with Crippen molar-refractivity contribution in [1.29, 1.82) is 0 Å². The second kappa shape index (κ2) is 8.43. The number of nitrogens with zero attached hydrogens (tertiary/aromatic N) is 3. The summed E-state index contributed by atoms with van der Waals surface area (Å²) in [6, 6.07) is 15.2. The van der Waals surface area contributed by atoms with Crippen molar-refractivity contribution in [3.8, 4) is 11.3 Å². The lowest BCUT2D eigenvalue weighted by Crippen LogP contribution is -2.29. The number of nitrogens with one attached hydrogen (secondary N) is 1. The normalized spacial score (nSPS) is 11.3. The molecule has 0 spiro atoms. The van der Waals surface area contributed by atoms with E-state index in [1.165, 1.54) is 21.6 Å². The van der Waals surface area contributed by atoms with Gasteiger partial charge in [-0.15, -0.1) is 11.3 Å². The number of amides is 1. The standard InChI is InChI=1S/C24H24N4O2S/c1-14(2)13-28-23(30)19-8-6-5-7-18(19)21(27-28)22(29)26-24-25-20(16(4)31-24)17-11-9-15(3)10-12-17/h5-12,14H,13H2,1-4H3,(H,25,26,29). The third-order valence-electron chi connectivity index (χ3n) is 4.96. The van der Waals surface area contributed by atoms with Gasteiger partial charge in [0.05, 0.1) is 11.1 Å². The Balaban J connectivity index is 1.71. The average Bonchev–Trinajstić information content (AvgIpc) is 3.10. The van der Waals surface area contributed by atoms with E-state index in [0.717, 1.165) is 16.1 Å². The van der Waals surface area contributed by atoms with Crippen molar-refractivity contribution in [2.75, 3.05) is 5.32 Å². The molecule has 158 valence electrons. The minimum atomic E-state index is -0.377. The Morgan fingerprint density at radius 2 is 1.74 bits per heavy atom. The van der Waals surface area contributed by atoms with Crippen LogP contribution in [0.5, 0.6) is 0 Å².